The van der Waals surface area contributed by atoms with E-state index in [-0.39, 0.29) is 25.1 Å². The number of halogens is 2. The van der Waals surface area contributed by atoms with E-state index in [0.29, 0.717) is 11.0 Å². The van der Waals surface area contributed by atoms with Crippen LogP contribution in [0.5, 0.6) is 0 Å². The number of amides is 1. The van der Waals surface area contributed by atoms with Gasteiger partial charge in [0.05, 0.1) is 0 Å². The molecule has 0 radical (unpaired) electrons. The maximum atomic E-state index is 13.5. The van der Waals surface area contributed by atoms with Crippen LogP contribution in [-0.4, -0.2) is 34.2 Å². The molecule has 0 fully saturated rings. The lowest BCUT2D eigenvalue weighted by Gasteiger charge is -2.08. The molecule has 0 spiro atoms. The number of aromatic nitrogens is 3. The van der Waals surface area contributed by atoms with Crippen molar-refractivity contribution in [1.82, 2.24) is 20.5 Å². The van der Waals surface area contributed by atoms with Gasteiger partial charge in [0.25, 0.3) is 5.91 Å². The van der Waals surface area contributed by atoms with Crippen LogP contribution in [0.4, 0.5) is 8.78 Å². The minimum absolute atomic E-state index is 0.0521. The van der Waals surface area contributed by atoms with Crippen molar-refractivity contribution in [2.45, 2.75) is 6.42 Å². The van der Waals surface area contributed by atoms with Crippen LogP contribution in [0.2, 0.25) is 0 Å². The molecule has 124 valence electrons. The minimum atomic E-state index is -0.630. The number of nitrogens with zero attached hydrogens (tertiary/aromatic N) is 3. The second-order valence-corrected chi connectivity index (χ2v) is 5.02. The number of hydrogen-bond donors (Lipinski definition) is 1. The Morgan fingerprint density at radius 2 is 1.88 bits per heavy atom. The normalized spacial score (nSPS) is 10.8. The van der Waals surface area contributed by atoms with Crippen LogP contribution < -0.4 is 10.2 Å². The van der Waals surface area contributed by atoms with Gasteiger partial charge in [0.2, 0.25) is 0 Å². The Morgan fingerprint density at radius 1 is 1.12 bits per heavy atom. The Labute approximate surface area is 136 Å². The highest BCUT2D eigenvalue weighted by atomic mass is 19.1. The average Bonchev–Trinajstić information content (AvgIpc) is 2.99. The summed E-state index contributed by atoms with van der Waals surface area (Å²) < 4.78 is 26.9. The zero-order valence-electron chi connectivity index (χ0n) is 12.6. The van der Waals surface area contributed by atoms with Gasteiger partial charge in [-0.2, -0.15) is 0 Å². The van der Waals surface area contributed by atoms with Crippen molar-refractivity contribution in [2.24, 2.45) is 0 Å². The van der Waals surface area contributed by atoms with Crippen molar-refractivity contribution in [1.29, 1.82) is 0 Å². The SMILES string of the molecule is O=C(COn1nnc2ccccc21)NCCc1c(F)cccc1F. The summed E-state index contributed by atoms with van der Waals surface area (Å²) in [6, 6.07) is 10.8. The molecular weight excluding hydrogens is 318 g/mol. The molecule has 0 aliphatic carbocycles. The molecule has 0 aliphatic rings. The second kappa shape index (κ2) is 7.03. The van der Waals surface area contributed by atoms with Crippen LogP contribution >= 0.6 is 0 Å². The first-order valence-corrected chi connectivity index (χ1v) is 7.28. The summed E-state index contributed by atoms with van der Waals surface area (Å²) in [5, 5.41) is 10.2. The van der Waals surface area contributed by atoms with E-state index in [0.717, 1.165) is 4.85 Å². The third-order valence-corrected chi connectivity index (χ3v) is 3.40. The molecule has 0 atom stereocenters. The highest BCUT2D eigenvalue weighted by Crippen LogP contribution is 2.12. The van der Waals surface area contributed by atoms with Gasteiger partial charge in [-0.3, -0.25) is 4.79 Å². The second-order valence-electron chi connectivity index (χ2n) is 5.02. The molecule has 1 amide bonds. The van der Waals surface area contributed by atoms with E-state index in [2.05, 4.69) is 15.6 Å². The van der Waals surface area contributed by atoms with Crippen molar-refractivity contribution in [3.63, 3.8) is 0 Å². The molecule has 8 heteroatoms. The number of rotatable bonds is 6. The standard InChI is InChI=1S/C16H14F2N4O2/c17-12-4-3-5-13(18)11(12)8-9-19-16(23)10-24-22-15-7-2-1-6-14(15)20-21-22/h1-7H,8-10H2,(H,19,23). The molecule has 2 aromatic carbocycles. The number of para-hydroxylation sites is 1. The van der Waals surface area contributed by atoms with E-state index in [1.165, 1.54) is 18.2 Å². The highest BCUT2D eigenvalue weighted by molar-refractivity contribution is 5.77. The predicted molar refractivity (Wildman–Crippen MR) is 82.0 cm³/mol. The van der Waals surface area contributed by atoms with Gasteiger partial charge in [-0.15, -0.1) is 5.10 Å². The van der Waals surface area contributed by atoms with E-state index < -0.39 is 17.5 Å². The molecule has 6 nitrogen and oxygen atoms in total. The summed E-state index contributed by atoms with van der Waals surface area (Å²) >= 11 is 0. The van der Waals surface area contributed by atoms with Gasteiger partial charge in [0, 0.05) is 12.1 Å². The Hall–Kier alpha value is -3.03. The highest BCUT2D eigenvalue weighted by Gasteiger charge is 2.10. The Kier molecular flexibility index (Phi) is 4.64. The monoisotopic (exact) mass is 332 g/mol. The first-order valence-electron chi connectivity index (χ1n) is 7.28. The number of nitrogens with one attached hydrogen (secondary N) is 1. The number of hydrogen-bond acceptors (Lipinski definition) is 4. The summed E-state index contributed by atoms with van der Waals surface area (Å²) in [7, 11) is 0. The fourth-order valence-electron chi connectivity index (χ4n) is 2.21. The smallest absolute Gasteiger partial charge is 0.260 e. The van der Waals surface area contributed by atoms with E-state index in [1.54, 1.807) is 18.2 Å². The Morgan fingerprint density at radius 3 is 2.67 bits per heavy atom. The van der Waals surface area contributed by atoms with Gasteiger partial charge in [-0.25, -0.2) is 8.78 Å². The van der Waals surface area contributed by atoms with E-state index in [9.17, 15) is 13.6 Å². The van der Waals surface area contributed by atoms with Crippen LogP contribution in [-0.2, 0) is 11.2 Å². The van der Waals surface area contributed by atoms with Crippen LogP contribution in [0.3, 0.4) is 0 Å². The summed E-state index contributed by atoms with van der Waals surface area (Å²) in [5.74, 6) is -1.68. The zero-order valence-corrected chi connectivity index (χ0v) is 12.6. The average molecular weight is 332 g/mol. The van der Waals surface area contributed by atoms with Gasteiger partial charge < -0.3 is 10.2 Å². The number of benzene rings is 2. The summed E-state index contributed by atoms with van der Waals surface area (Å²) in [6.45, 7) is -0.189. The molecule has 0 unspecified atom stereocenters. The van der Waals surface area contributed by atoms with Crippen molar-refractivity contribution in [2.75, 3.05) is 13.2 Å². The molecule has 0 aliphatic heterocycles. The summed E-state index contributed by atoms with van der Waals surface area (Å²) in [5.41, 5.74) is 1.23. The Bertz CT molecular complexity index is 846. The van der Waals surface area contributed by atoms with E-state index in [1.807, 2.05) is 6.07 Å². The molecule has 24 heavy (non-hydrogen) atoms. The molecule has 3 rings (SSSR count). The zero-order chi connectivity index (χ0) is 16.9. The van der Waals surface area contributed by atoms with Crippen LogP contribution in [0, 0.1) is 11.6 Å². The van der Waals surface area contributed by atoms with Crippen LogP contribution in [0.25, 0.3) is 11.0 Å². The molecule has 1 N–H and O–H groups in total. The number of carbonyl (C=O) groups is 1. The van der Waals surface area contributed by atoms with Gasteiger partial charge >= 0.3 is 0 Å². The van der Waals surface area contributed by atoms with Crippen LogP contribution in [0.15, 0.2) is 42.5 Å². The largest absolute Gasteiger partial charge is 0.385 e. The molecular formula is C16H14F2N4O2. The van der Waals surface area contributed by atoms with Crippen molar-refractivity contribution in [3.05, 3.63) is 59.7 Å². The lowest BCUT2D eigenvalue weighted by Crippen LogP contribution is -2.33. The van der Waals surface area contributed by atoms with Gasteiger partial charge in [0.15, 0.2) is 6.61 Å². The van der Waals surface area contributed by atoms with E-state index in [4.69, 9.17) is 4.84 Å². The number of fused-ring (bicyclic) bond motifs is 1. The van der Waals surface area contributed by atoms with Crippen molar-refractivity contribution in [3.8, 4) is 0 Å². The van der Waals surface area contributed by atoms with Gasteiger partial charge in [-0.05, 0) is 35.9 Å². The third-order valence-electron chi connectivity index (χ3n) is 3.40. The van der Waals surface area contributed by atoms with Gasteiger partial charge in [-0.1, -0.05) is 23.0 Å². The molecule has 0 saturated heterocycles. The van der Waals surface area contributed by atoms with Crippen molar-refractivity contribution >= 4 is 16.9 Å². The van der Waals surface area contributed by atoms with E-state index >= 15 is 0 Å². The molecule has 1 aromatic heterocycles. The molecule has 0 bridgehead atoms. The Balaban J connectivity index is 1.50. The molecule has 1 heterocycles. The molecule has 3 aromatic rings. The predicted octanol–water partition coefficient (Wildman–Crippen LogP) is 1.50. The number of carbonyl (C=O) groups excluding carboxylic acids is 1. The molecule has 0 saturated carbocycles. The topological polar surface area (TPSA) is 69.0 Å². The fourth-order valence-corrected chi connectivity index (χ4v) is 2.21. The van der Waals surface area contributed by atoms with Gasteiger partial charge in [0.1, 0.15) is 22.7 Å². The first kappa shape index (κ1) is 15.9. The maximum Gasteiger partial charge on any atom is 0.260 e. The summed E-state index contributed by atoms with van der Waals surface area (Å²) in [4.78, 5) is 18.2. The third kappa shape index (κ3) is 3.48. The lowest BCUT2D eigenvalue weighted by molar-refractivity contribution is -0.126. The fraction of sp³-hybridized carbons (Fsp3) is 0.188. The van der Waals surface area contributed by atoms with Crippen LogP contribution in [0.1, 0.15) is 5.56 Å². The quantitative estimate of drug-likeness (QED) is 0.743. The maximum absolute atomic E-state index is 13.5. The minimum Gasteiger partial charge on any atom is -0.385 e. The van der Waals surface area contributed by atoms with Crippen molar-refractivity contribution < 1.29 is 18.4 Å². The summed E-state index contributed by atoms with van der Waals surface area (Å²) in [6.07, 6.45) is 0.0521. The lowest BCUT2D eigenvalue weighted by atomic mass is 10.1. The first-order chi connectivity index (χ1) is 11.6.